The first-order chi connectivity index (χ1) is 4.22. The van der Waals surface area contributed by atoms with E-state index >= 15 is 0 Å². The summed E-state index contributed by atoms with van der Waals surface area (Å²) in [5.74, 6) is 0. The van der Waals surface area contributed by atoms with E-state index in [1.807, 2.05) is 0 Å². The average Bonchev–Trinajstić information content (AvgIpc) is 1.83. The largest absolute Gasteiger partial charge is 0.386 e. The summed E-state index contributed by atoms with van der Waals surface area (Å²) < 4.78 is 4.69. The van der Waals surface area contributed by atoms with Gasteiger partial charge in [-0.15, -0.1) is 0 Å². The zero-order chi connectivity index (χ0) is 6.85. The van der Waals surface area contributed by atoms with E-state index in [0.29, 0.717) is 13.0 Å². The minimum atomic E-state index is -1.09. The maximum Gasteiger partial charge on any atom is 0.182 e. The van der Waals surface area contributed by atoms with Gasteiger partial charge in [-0.1, -0.05) is 0 Å². The predicted octanol–water partition coefficient (Wildman–Crippen LogP) is -1.59. The number of aliphatic hydroxyl groups excluding tert-OH is 2. The second kappa shape index (κ2) is 2.62. The summed E-state index contributed by atoms with van der Waals surface area (Å²) >= 11 is 0. The molecule has 4 heteroatoms. The molecule has 9 heavy (non-hydrogen) atoms. The molecule has 0 bridgehead atoms. The van der Waals surface area contributed by atoms with Crippen LogP contribution in [0.4, 0.5) is 0 Å². The molecular formula is C5H11NO3. The van der Waals surface area contributed by atoms with Gasteiger partial charge in [0.1, 0.15) is 6.10 Å². The van der Waals surface area contributed by atoms with Crippen molar-refractivity contribution in [2.45, 2.75) is 24.9 Å². The summed E-state index contributed by atoms with van der Waals surface area (Å²) in [6.07, 6.45) is -1.40. The van der Waals surface area contributed by atoms with Crippen molar-refractivity contribution in [3.05, 3.63) is 0 Å². The Kier molecular flexibility index (Phi) is 2.02. The van der Waals surface area contributed by atoms with Crippen LogP contribution in [0, 0.1) is 0 Å². The highest BCUT2D eigenvalue weighted by atomic mass is 16.6. The molecule has 0 aromatic heterocycles. The lowest BCUT2D eigenvalue weighted by Crippen LogP contribution is -2.48. The minimum absolute atomic E-state index is 0.339. The molecule has 0 amide bonds. The van der Waals surface area contributed by atoms with Crippen LogP contribution in [0.25, 0.3) is 0 Å². The Balaban J connectivity index is 2.41. The fourth-order valence-corrected chi connectivity index (χ4v) is 0.806. The first-order valence-corrected chi connectivity index (χ1v) is 2.95. The van der Waals surface area contributed by atoms with Gasteiger partial charge in [0.2, 0.25) is 0 Å². The highest BCUT2D eigenvalue weighted by Gasteiger charge is 2.27. The standard InChI is InChI=1S/C5H11NO3/c6-3-1-2-9-5(8)4(3)7/h3-5,7-8H,1-2,6H2/t3-,4+,5+/m0/s1. The van der Waals surface area contributed by atoms with Crippen LogP contribution in [0.2, 0.25) is 0 Å². The molecular weight excluding hydrogens is 122 g/mol. The van der Waals surface area contributed by atoms with E-state index < -0.39 is 12.4 Å². The topological polar surface area (TPSA) is 75.7 Å². The van der Waals surface area contributed by atoms with E-state index in [0.717, 1.165) is 0 Å². The van der Waals surface area contributed by atoms with Crippen molar-refractivity contribution >= 4 is 0 Å². The van der Waals surface area contributed by atoms with Crippen molar-refractivity contribution in [2.75, 3.05) is 6.61 Å². The molecule has 0 radical (unpaired) electrons. The lowest BCUT2D eigenvalue weighted by atomic mass is 10.1. The number of nitrogens with two attached hydrogens (primary N) is 1. The molecule has 1 rings (SSSR count). The van der Waals surface area contributed by atoms with Gasteiger partial charge in [-0.05, 0) is 6.42 Å². The van der Waals surface area contributed by atoms with Gasteiger partial charge in [-0.25, -0.2) is 0 Å². The molecule has 0 aliphatic carbocycles. The molecule has 1 aliphatic rings. The van der Waals surface area contributed by atoms with Gasteiger partial charge in [0, 0.05) is 6.04 Å². The summed E-state index contributed by atoms with van der Waals surface area (Å²) in [6.45, 7) is 0.430. The molecule has 1 saturated heterocycles. The summed E-state index contributed by atoms with van der Waals surface area (Å²) in [4.78, 5) is 0. The second-order valence-electron chi connectivity index (χ2n) is 2.20. The molecule has 0 aromatic carbocycles. The minimum Gasteiger partial charge on any atom is -0.386 e. The summed E-state index contributed by atoms with van der Waals surface area (Å²) in [5.41, 5.74) is 5.38. The molecule has 1 aliphatic heterocycles. The zero-order valence-corrected chi connectivity index (χ0v) is 5.03. The van der Waals surface area contributed by atoms with Crippen molar-refractivity contribution in [1.82, 2.24) is 0 Å². The monoisotopic (exact) mass is 133 g/mol. The number of rotatable bonds is 0. The van der Waals surface area contributed by atoms with Crippen LogP contribution in [0.1, 0.15) is 6.42 Å². The molecule has 1 fully saturated rings. The Hall–Kier alpha value is -0.160. The second-order valence-corrected chi connectivity index (χ2v) is 2.20. The summed E-state index contributed by atoms with van der Waals surface area (Å²) in [6, 6.07) is -0.339. The fourth-order valence-electron chi connectivity index (χ4n) is 0.806. The fraction of sp³-hybridized carbons (Fsp3) is 1.00. The van der Waals surface area contributed by atoms with E-state index in [1.165, 1.54) is 0 Å². The smallest absolute Gasteiger partial charge is 0.182 e. The Bertz CT molecular complexity index is 88.2. The lowest BCUT2D eigenvalue weighted by molar-refractivity contribution is -0.191. The molecule has 0 unspecified atom stereocenters. The molecule has 3 atom stereocenters. The predicted molar refractivity (Wildman–Crippen MR) is 30.6 cm³/mol. The van der Waals surface area contributed by atoms with Crippen molar-refractivity contribution in [3.63, 3.8) is 0 Å². The highest BCUT2D eigenvalue weighted by molar-refractivity contribution is 4.77. The third-order valence-electron chi connectivity index (χ3n) is 1.47. The molecule has 0 saturated carbocycles. The molecule has 4 nitrogen and oxygen atoms in total. The number of hydrogen-bond acceptors (Lipinski definition) is 4. The number of ether oxygens (including phenoxy) is 1. The van der Waals surface area contributed by atoms with Crippen LogP contribution >= 0.6 is 0 Å². The third kappa shape index (κ3) is 1.40. The Labute approximate surface area is 53.2 Å². The van der Waals surface area contributed by atoms with E-state index in [9.17, 15) is 0 Å². The average molecular weight is 133 g/mol. The molecule has 54 valence electrons. The van der Waals surface area contributed by atoms with Crippen molar-refractivity contribution < 1.29 is 14.9 Å². The Morgan fingerprint density at radius 2 is 2.11 bits per heavy atom. The van der Waals surface area contributed by atoms with Crippen LogP contribution in [0.15, 0.2) is 0 Å². The third-order valence-corrected chi connectivity index (χ3v) is 1.47. The van der Waals surface area contributed by atoms with Gasteiger partial charge < -0.3 is 20.7 Å². The Morgan fingerprint density at radius 1 is 1.44 bits per heavy atom. The Morgan fingerprint density at radius 3 is 2.56 bits per heavy atom. The van der Waals surface area contributed by atoms with Crippen LogP contribution in [-0.4, -0.2) is 35.3 Å². The van der Waals surface area contributed by atoms with Crippen LogP contribution in [0.3, 0.4) is 0 Å². The van der Waals surface area contributed by atoms with E-state index in [1.54, 1.807) is 0 Å². The molecule has 4 N–H and O–H groups in total. The number of aliphatic hydroxyl groups is 2. The molecule has 1 heterocycles. The van der Waals surface area contributed by atoms with Gasteiger partial charge in [-0.3, -0.25) is 0 Å². The summed E-state index contributed by atoms with van der Waals surface area (Å²) in [5, 5.41) is 17.7. The van der Waals surface area contributed by atoms with Crippen molar-refractivity contribution in [3.8, 4) is 0 Å². The van der Waals surface area contributed by atoms with Gasteiger partial charge in [0.25, 0.3) is 0 Å². The van der Waals surface area contributed by atoms with Gasteiger partial charge in [0.15, 0.2) is 6.29 Å². The quantitative estimate of drug-likeness (QED) is 0.372. The van der Waals surface area contributed by atoms with Crippen LogP contribution in [0.5, 0.6) is 0 Å². The van der Waals surface area contributed by atoms with E-state index in [2.05, 4.69) is 4.74 Å². The molecule has 0 spiro atoms. The first-order valence-electron chi connectivity index (χ1n) is 2.95. The normalized spacial score (nSPS) is 45.0. The number of hydrogen-bond donors (Lipinski definition) is 3. The van der Waals surface area contributed by atoms with Gasteiger partial charge in [0.05, 0.1) is 6.61 Å². The van der Waals surface area contributed by atoms with Crippen LogP contribution < -0.4 is 5.73 Å². The zero-order valence-electron chi connectivity index (χ0n) is 5.03. The maximum atomic E-state index is 8.95. The summed E-state index contributed by atoms with van der Waals surface area (Å²) in [7, 11) is 0. The van der Waals surface area contributed by atoms with E-state index in [-0.39, 0.29) is 6.04 Å². The highest BCUT2D eigenvalue weighted by Crippen LogP contribution is 2.09. The lowest BCUT2D eigenvalue weighted by Gasteiger charge is -2.28. The molecule has 0 aromatic rings. The van der Waals surface area contributed by atoms with Crippen LogP contribution in [-0.2, 0) is 4.74 Å². The van der Waals surface area contributed by atoms with Crippen molar-refractivity contribution in [2.24, 2.45) is 5.73 Å². The van der Waals surface area contributed by atoms with Gasteiger partial charge >= 0.3 is 0 Å². The first kappa shape index (κ1) is 6.95. The van der Waals surface area contributed by atoms with E-state index in [4.69, 9.17) is 15.9 Å². The van der Waals surface area contributed by atoms with Crippen molar-refractivity contribution in [1.29, 1.82) is 0 Å². The maximum absolute atomic E-state index is 8.95. The SMILES string of the molecule is N[C@H]1CCO[C@@H](O)[C@@H]1O. The van der Waals surface area contributed by atoms with Gasteiger partial charge in [-0.2, -0.15) is 0 Å².